The van der Waals surface area contributed by atoms with E-state index < -0.39 is 10.0 Å². The number of thiazole rings is 1. The van der Waals surface area contributed by atoms with Crippen molar-refractivity contribution in [3.05, 3.63) is 46.3 Å². The van der Waals surface area contributed by atoms with E-state index in [2.05, 4.69) is 24.8 Å². The maximum atomic E-state index is 11.7. The molecule has 0 saturated heterocycles. The second kappa shape index (κ2) is 7.07. The Bertz CT molecular complexity index is 1400. The maximum absolute atomic E-state index is 11.7. The van der Waals surface area contributed by atoms with E-state index in [9.17, 15) is 13.7 Å². The Balaban J connectivity index is 2.02. The number of aromatic nitrogens is 5. The molecule has 9 nitrogen and oxygen atoms in total. The van der Waals surface area contributed by atoms with Crippen LogP contribution in [0.4, 0.5) is 5.82 Å². The lowest BCUT2D eigenvalue weighted by Crippen LogP contribution is -2.15. The Kier molecular flexibility index (Phi) is 4.70. The van der Waals surface area contributed by atoms with Crippen molar-refractivity contribution < 1.29 is 8.42 Å². The lowest BCUT2D eigenvalue weighted by Gasteiger charge is -2.13. The molecule has 4 rings (SSSR count). The first kappa shape index (κ1) is 19.3. The summed E-state index contributed by atoms with van der Waals surface area (Å²) in [6, 6.07) is 7.18. The molecule has 146 valence electrons. The third-order valence-corrected chi connectivity index (χ3v) is 5.50. The first-order valence-corrected chi connectivity index (χ1v) is 11.3. The molecule has 0 saturated carbocycles. The van der Waals surface area contributed by atoms with Gasteiger partial charge in [0.2, 0.25) is 10.0 Å². The molecule has 1 N–H and O–H groups in total. The quantitative estimate of drug-likeness (QED) is 0.511. The molecule has 0 aliphatic carbocycles. The van der Waals surface area contributed by atoms with Crippen LogP contribution < -0.4 is 4.72 Å². The van der Waals surface area contributed by atoms with E-state index in [4.69, 9.17) is 11.6 Å². The highest BCUT2D eigenvalue weighted by Gasteiger charge is 2.20. The predicted octanol–water partition coefficient (Wildman–Crippen LogP) is 3.14. The molecular weight excluding hydrogens is 434 g/mol. The van der Waals surface area contributed by atoms with Crippen molar-refractivity contribution in [2.75, 3.05) is 11.0 Å². The van der Waals surface area contributed by atoms with Gasteiger partial charge in [-0.1, -0.05) is 11.6 Å². The largest absolute Gasteiger partial charge is 0.265 e. The number of hydrogen-bond acceptors (Lipinski definition) is 8. The number of fused-ring (bicyclic) bond motifs is 1. The molecule has 0 spiro atoms. The lowest BCUT2D eigenvalue weighted by molar-refractivity contribution is 0.606. The van der Waals surface area contributed by atoms with Gasteiger partial charge in [0, 0.05) is 11.8 Å². The third kappa shape index (κ3) is 3.77. The van der Waals surface area contributed by atoms with E-state index in [1.54, 1.807) is 23.8 Å². The molecule has 29 heavy (non-hydrogen) atoms. The van der Waals surface area contributed by atoms with Crippen molar-refractivity contribution in [1.82, 2.24) is 24.7 Å². The molecule has 0 bridgehead atoms. The molecule has 4 aromatic rings. The fourth-order valence-corrected chi connectivity index (χ4v) is 4.26. The molecule has 0 fully saturated rings. The van der Waals surface area contributed by atoms with Crippen molar-refractivity contribution in [2.24, 2.45) is 0 Å². The minimum Gasteiger partial charge on any atom is -0.265 e. The van der Waals surface area contributed by atoms with Crippen molar-refractivity contribution in [3.8, 4) is 23.1 Å². The van der Waals surface area contributed by atoms with Crippen molar-refractivity contribution >= 4 is 49.0 Å². The van der Waals surface area contributed by atoms with Crippen LogP contribution in [0.25, 0.3) is 27.3 Å². The summed E-state index contributed by atoms with van der Waals surface area (Å²) >= 11 is 7.78. The van der Waals surface area contributed by atoms with E-state index in [0.29, 0.717) is 21.8 Å². The summed E-state index contributed by atoms with van der Waals surface area (Å²) < 4.78 is 28.0. The number of halogens is 1. The van der Waals surface area contributed by atoms with Crippen LogP contribution in [0.3, 0.4) is 0 Å². The van der Waals surface area contributed by atoms with Crippen LogP contribution in [-0.2, 0) is 10.0 Å². The normalized spacial score (nSPS) is 11.5. The number of rotatable bonds is 4. The van der Waals surface area contributed by atoms with E-state index in [0.717, 1.165) is 16.6 Å². The van der Waals surface area contributed by atoms with Gasteiger partial charge < -0.3 is 0 Å². The summed E-state index contributed by atoms with van der Waals surface area (Å²) in [5, 5.41) is 14.3. The molecule has 0 amide bonds. The van der Waals surface area contributed by atoms with Crippen LogP contribution in [0.2, 0.25) is 5.02 Å². The first-order chi connectivity index (χ1) is 13.7. The number of nitriles is 1. The molecule has 0 atom stereocenters. The fourth-order valence-electron chi connectivity index (χ4n) is 2.70. The molecule has 0 aliphatic rings. The highest BCUT2D eigenvalue weighted by molar-refractivity contribution is 7.92. The van der Waals surface area contributed by atoms with E-state index in [1.165, 1.54) is 16.0 Å². The SMILES string of the molecule is Cc1ccn(-c2nc(NS(C)(=O)=O)c(C#N)nc2-c2cc(Cl)c3ncsc3c2)n1. The zero-order valence-corrected chi connectivity index (χ0v) is 17.5. The molecular formula is C17H12ClN7O2S2. The molecule has 1 aromatic carbocycles. The Hall–Kier alpha value is -3.07. The van der Waals surface area contributed by atoms with Gasteiger partial charge in [-0.15, -0.1) is 11.3 Å². The number of aryl methyl sites for hydroxylation is 1. The molecule has 12 heteroatoms. The minimum atomic E-state index is -3.67. The van der Waals surface area contributed by atoms with Gasteiger partial charge in [-0.2, -0.15) is 10.4 Å². The second-order valence-corrected chi connectivity index (χ2v) is 9.18. The molecule has 0 unspecified atom stereocenters. The van der Waals surface area contributed by atoms with Gasteiger partial charge in [-0.3, -0.25) is 4.72 Å². The van der Waals surface area contributed by atoms with Gasteiger partial charge in [0.1, 0.15) is 11.8 Å². The van der Waals surface area contributed by atoms with Crippen molar-refractivity contribution in [2.45, 2.75) is 6.92 Å². The average molecular weight is 446 g/mol. The molecule has 3 aromatic heterocycles. The summed E-state index contributed by atoms with van der Waals surface area (Å²) in [4.78, 5) is 13.0. The third-order valence-electron chi connectivity index (χ3n) is 3.87. The molecule has 3 heterocycles. The lowest BCUT2D eigenvalue weighted by atomic mass is 10.1. The standard InChI is InChI=1S/C17H12ClN7O2S2/c1-9-3-4-25(23-9)17-14(10-5-11(18)15-13(6-10)28-8-20-15)21-12(7-19)16(22-17)24-29(2,26)27/h3-6,8H,1-2H3,(H,22,24). The Morgan fingerprint density at radius 1 is 1.31 bits per heavy atom. The van der Waals surface area contributed by atoms with Gasteiger partial charge in [0.25, 0.3) is 0 Å². The van der Waals surface area contributed by atoms with Gasteiger partial charge in [-0.25, -0.2) is 28.1 Å². The zero-order chi connectivity index (χ0) is 20.8. The summed E-state index contributed by atoms with van der Waals surface area (Å²) in [5.74, 6) is 0.0788. The van der Waals surface area contributed by atoms with Crippen LogP contribution in [0.15, 0.2) is 29.9 Å². The fraction of sp³-hybridized carbons (Fsp3) is 0.118. The van der Waals surface area contributed by atoms with Crippen LogP contribution in [0.5, 0.6) is 0 Å². The molecule has 0 aliphatic heterocycles. The number of sulfonamides is 1. The molecule has 0 radical (unpaired) electrons. The van der Waals surface area contributed by atoms with Gasteiger partial charge in [-0.05, 0) is 25.1 Å². The van der Waals surface area contributed by atoms with Crippen LogP contribution in [-0.4, -0.2) is 39.4 Å². The van der Waals surface area contributed by atoms with Gasteiger partial charge in [0.15, 0.2) is 17.3 Å². The Morgan fingerprint density at radius 2 is 2.10 bits per heavy atom. The highest BCUT2D eigenvalue weighted by Crippen LogP contribution is 2.34. The smallest absolute Gasteiger partial charge is 0.231 e. The van der Waals surface area contributed by atoms with Crippen LogP contribution in [0.1, 0.15) is 11.4 Å². The van der Waals surface area contributed by atoms with E-state index in [-0.39, 0.29) is 17.3 Å². The number of anilines is 1. The highest BCUT2D eigenvalue weighted by atomic mass is 35.5. The average Bonchev–Trinajstić information content (AvgIpc) is 3.29. The van der Waals surface area contributed by atoms with Crippen LogP contribution in [0, 0.1) is 18.3 Å². The Morgan fingerprint density at radius 3 is 2.76 bits per heavy atom. The van der Waals surface area contributed by atoms with Gasteiger partial charge in [0.05, 0.1) is 32.7 Å². The number of nitrogens with one attached hydrogen (secondary N) is 1. The summed E-state index contributed by atoms with van der Waals surface area (Å²) in [7, 11) is -3.67. The zero-order valence-electron chi connectivity index (χ0n) is 15.1. The first-order valence-electron chi connectivity index (χ1n) is 8.11. The van der Waals surface area contributed by atoms with E-state index >= 15 is 0 Å². The number of benzene rings is 1. The second-order valence-electron chi connectivity index (χ2n) is 6.14. The number of hydrogen-bond donors (Lipinski definition) is 1. The minimum absolute atomic E-state index is 0.168. The van der Waals surface area contributed by atoms with Crippen LogP contribution >= 0.6 is 22.9 Å². The predicted molar refractivity (Wildman–Crippen MR) is 111 cm³/mol. The topological polar surface area (TPSA) is 126 Å². The van der Waals surface area contributed by atoms with Crippen molar-refractivity contribution in [1.29, 1.82) is 5.26 Å². The van der Waals surface area contributed by atoms with Crippen molar-refractivity contribution in [3.63, 3.8) is 0 Å². The Labute approximate surface area is 174 Å². The summed E-state index contributed by atoms with van der Waals surface area (Å²) in [5.41, 5.74) is 3.85. The van der Waals surface area contributed by atoms with E-state index in [1.807, 2.05) is 19.1 Å². The monoisotopic (exact) mass is 445 g/mol. The number of nitrogens with zero attached hydrogens (tertiary/aromatic N) is 6. The summed E-state index contributed by atoms with van der Waals surface area (Å²) in [6.07, 6.45) is 2.64. The van der Waals surface area contributed by atoms with Gasteiger partial charge >= 0.3 is 0 Å². The maximum Gasteiger partial charge on any atom is 0.231 e. The summed E-state index contributed by atoms with van der Waals surface area (Å²) in [6.45, 7) is 1.81.